The van der Waals surface area contributed by atoms with Crippen molar-refractivity contribution < 1.29 is 24.2 Å². The molecular formula is C38H49N3O5. The van der Waals surface area contributed by atoms with Gasteiger partial charge in [0.15, 0.2) is 0 Å². The van der Waals surface area contributed by atoms with Gasteiger partial charge in [0, 0.05) is 26.2 Å². The Labute approximate surface area is 273 Å². The molecule has 5 rings (SSSR count). The van der Waals surface area contributed by atoms with E-state index >= 15 is 0 Å². The zero-order chi connectivity index (χ0) is 32.9. The van der Waals surface area contributed by atoms with Crippen molar-refractivity contribution >= 4 is 17.7 Å². The zero-order valence-corrected chi connectivity index (χ0v) is 27.4. The van der Waals surface area contributed by atoms with Gasteiger partial charge in [-0.15, -0.1) is 13.2 Å². The highest BCUT2D eigenvalue weighted by atomic mass is 16.5. The van der Waals surface area contributed by atoms with Crippen LogP contribution in [0.1, 0.15) is 69.5 Å². The molecule has 246 valence electrons. The van der Waals surface area contributed by atoms with Gasteiger partial charge in [-0.2, -0.15) is 0 Å². The van der Waals surface area contributed by atoms with E-state index in [0.29, 0.717) is 45.4 Å². The number of ether oxygens (including phenoxy) is 1. The topological polar surface area (TPSA) is 90.4 Å². The summed E-state index contributed by atoms with van der Waals surface area (Å²) in [5.41, 5.74) is -0.353. The van der Waals surface area contributed by atoms with Crippen LogP contribution in [0.25, 0.3) is 0 Å². The van der Waals surface area contributed by atoms with Crippen LogP contribution in [-0.2, 0) is 25.7 Å². The molecule has 3 aliphatic heterocycles. The number of carbonyl (C=O) groups is 3. The van der Waals surface area contributed by atoms with Crippen LogP contribution in [-0.4, -0.2) is 81.0 Å². The minimum atomic E-state index is -1.19. The van der Waals surface area contributed by atoms with E-state index in [4.69, 9.17) is 4.74 Å². The summed E-state index contributed by atoms with van der Waals surface area (Å²) in [7, 11) is 0. The van der Waals surface area contributed by atoms with E-state index in [9.17, 15) is 19.5 Å². The minimum absolute atomic E-state index is 0.162. The lowest BCUT2D eigenvalue weighted by atomic mass is 9.64. The van der Waals surface area contributed by atoms with Gasteiger partial charge in [0.25, 0.3) is 0 Å². The van der Waals surface area contributed by atoms with Crippen LogP contribution >= 0.6 is 0 Å². The summed E-state index contributed by atoms with van der Waals surface area (Å²) < 4.78 is 7.06. The second kappa shape index (κ2) is 14.3. The molecule has 0 aliphatic carbocycles. The van der Waals surface area contributed by atoms with Crippen LogP contribution in [0.5, 0.6) is 0 Å². The van der Waals surface area contributed by atoms with Crippen LogP contribution in [0.15, 0.2) is 86.0 Å². The fourth-order valence-corrected chi connectivity index (χ4v) is 8.24. The van der Waals surface area contributed by atoms with E-state index in [1.807, 2.05) is 67.6 Å². The molecule has 3 amide bonds. The molecule has 2 aromatic carbocycles. The number of aliphatic hydroxyl groups excluding tert-OH is 1. The number of likely N-dealkylation sites (tertiary alicyclic amines) is 1. The van der Waals surface area contributed by atoms with Gasteiger partial charge in [-0.05, 0) is 36.8 Å². The lowest BCUT2D eigenvalue weighted by molar-refractivity contribution is -0.158. The third-order valence-electron chi connectivity index (χ3n) is 10.4. The summed E-state index contributed by atoms with van der Waals surface area (Å²) in [6, 6.07) is 17.4. The number of nitrogens with zero attached hydrogens (tertiary/aromatic N) is 3. The molecule has 0 radical (unpaired) electrons. The molecule has 3 aliphatic rings. The first-order valence-corrected chi connectivity index (χ1v) is 16.8. The first-order valence-electron chi connectivity index (χ1n) is 16.8. The second-order valence-electron chi connectivity index (χ2n) is 13.0. The fourth-order valence-electron chi connectivity index (χ4n) is 8.24. The molecule has 2 aromatic rings. The minimum Gasteiger partial charge on any atom is -0.394 e. The molecule has 3 saturated heterocycles. The number of hydrogen-bond acceptors (Lipinski definition) is 5. The summed E-state index contributed by atoms with van der Waals surface area (Å²) in [5, 5.41) is 10.8. The third kappa shape index (κ3) is 5.82. The van der Waals surface area contributed by atoms with Gasteiger partial charge in [0.2, 0.25) is 17.7 Å². The number of hydrogen-bond donors (Lipinski definition) is 1. The molecule has 8 nitrogen and oxygen atoms in total. The number of fused-ring (bicyclic) bond motifs is 1. The zero-order valence-electron chi connectivity index (χ0n) is 27.4. The molecule has 3 heterocycles. The number of rotatable bonds is 16. The smallest absolute Gasteiger partial charge is 0.248 e. The first kappa shape index (κ1) is 33.6. The maximum Gasteiger partial charge on any atom is 0.248 e. The number of benzene rings is 2. The Kier molecular flexibility index (Phi) is 10.5. The average Bonchev–Trinajstić information content (AvgIpc) is 3.69. The predicted molar refractivity (Wildman–Crippen MR) is 178 cm³/mol. The molecule has 6 atom stereocenters. The van der Waals surface area contributed by atoms with Crippen molar-refractivity contribution in [3.63, 3.8) is 0 Å². The second-order valence-corrected chi connectivity index (χ2v) is 13.0. The van der Waals surface area contributed by atoms with Gasteiger partial charge >= 0.3 is 0 Å². The molecule has 2 bridgehead atoms. The van der Waals surface area contributed by atoms with Crippen molar-refractivity contribution in [3.05, 3.63) is 97.1 Å². The number of amides is 3. The highest BCUT2D eigenvalue weighted by Gasteiger charge is 2.79. The number of unbranched alkanes of at least 4 members (excludes halogenated alkanes) is 2. The van der Waals surface area contributed by atoms with E-state index in [1.165, 1.54) is 0 Å². The Morgan fingerprint density at radius 1 is 0.978 bits per heavy atom. The maximum absolute atomic E-state index is 15.0. The van der Waals surface area contributed by atoms with Gasteiger partial charge in [-0.3, -0.25) is 14.4 Å². The number of carbonyl (C=O) groups excluding carboxylic acids is 3. The predicted octanol–water partition coefficient (Wildman–Crippen LogP) is 5.29. The van der Waals surface area contributed by atoms with E-state index in [1.54, 1.807) is 26.9 Å². The van der Waals surface area contributed by atoms with Crippen molar-refractivity contribution in [3.8, 4) is 0 Å². The first-order chi connectivity index (χ1) is 22.3. The summed E-state index contributed by atoms with van der Waals surface area (Å²) in [4.78, 5) is 49.6. The lowest BCUT2D eigenvalue weighted by Gasteiger charge is -2.40. The molecule has 0 aromatic heterocycles. The fraction of sp³-hybridized carbons (Fsp3) is 0.500. The lowest BCUT2D eigenvalue weighted by Crippen LogP contribution is -2.57. The van der Waals surface area contributed by atoms with Crippen molar-refractivity contribution in [2.24, 2.45) is 11.8 Å². The van der Waals surface area contributed by atoms with E-state index in [0.717, 1.165) is 30.4 Å². The van der Waals surface area contributed by atoms with E-state index < -0.39 is 35.1 Å². The Balaban J connectivity index is 1.61. The van der Waals surface area contributed by atoms with Crippen LogP contribution in [0, 0.1) is 11.8 Å². The maximum atomic E-state index is 15.0. The molecule has 3 fully saturated rings. The van der Waals surface area contributed by atoms with Crippen LogP contribution < -0.4 is 0 Å². The van der Waals surface area contributed by atoms with Gasteiger partial charge in [0.05, 0.1) is 30.1 Å². The van der Waals surface area contributed by atoms with E-state index in [2.05, 4.69) is 20.1 Å². The molecule has 46 heavy (non-hydrogen) atoms. The quantitative estimate of drug-likeness (QED) is 0.202. The van der Waals surface area contributed by atoms with Crippen molar-refractivity contribution in [1.29, 1.82) is 0 Å². The largest absolute Gasteiger partial charge is 0.394 e. The Morgan fingerprint density at radius 2 is 1.63 bits per heavy atom. The summed E-state index contributed by atoms with van der Waals surface area (Å²) in [5.74, 6) is -2.31. The highest BCUT2D eigenvalue weighted by molar-refractivity contribution is 5.99. The SMILES string of the molecule is C=CCN(CCCCC)C(=O)C1N([C@H](CO)c2ccccc2)C(=O)[C@@H]2[C@@H](C(=O)N(CC=C)Cc3ccccc3)[C@@]3(CC)CCC12O3. The van der Waals surface area contributed by atoms with Crippen molar-refractivity contribution in [1.82, 2.24) is 14.7 Å². The Hall–Kier alpha value is -3.75. The third-order valence-corrected chi connectivity index (χ3v) is 10.4. The highest BCUT2D eigenvalue weighted by Crippen LogP contribution is 2.65. The van der Waals surface area contributed by atoms with Gasteiger partial charge in [-0.1, -0.05) is 99.5 Å². The van der Waals surface area contributed by atoms with Gasteiger partial charge < -0.3 is 24.5 Å². The van der Waals surface area contributed by atoms with Crippen molar-refractivity contribution in [2.45, 2.75) is 82.2 Å². The summed E-state index contributed by atoms with van der Waals surface area (Å²) in [6.45, 7) is 13.1. The molecule has 1 N–H and O–H groups in total. The van der Waals surface area contributed by atoms with Crippen LogP contribution in [0.3, 0.4) is 0 Å². The number of aliphatic hydroxyl groups is 1. The monoisotopic (exact) mass is 627 g/mol. The summed E-state index contributed by atoms with van der Waals surface area (Å²) >= 11 is 0. The molecule has 1 spiro atoms. The average molecular weight is 628 g/mol. The van der Waals surface area contributed by atoms with E-state index in [-0.39, 0.29) is 24.3 Å². The van der Waals surface area contributed by atoms with Crippen molar-refractivity contribution in [2.75, 3.05) is 26.2 Å². The van der Waals surface area contributed by atoms with Gasteiger partial charge in [0.1, 0.15) is 11.6 Å². The van der Waals surface area contributed by atoms with Crippen LogP contribution in [0.4, 0.5) is 0 Å². The molecule has 2 unspecified atom stereocenters. The normalized spacial score (nSPS) is 26.9. The molecule has 8 heteroatoms. The Morgan fingerprint density at radius 3 is 2.24 bits per heavy atom. The van der Waals surface area contributed by atoms with Gasteiger partial charge in [-0.25, -0.2) is 0 Å². The molecular weight excluding hydrogens is 578 g/mol. The van der Waals surface area contributed by atoms with Crippen LogP contribution in [0.2, 0.25) is 0 Å². The molecule has 0 saturated carbocycles. The standard InChI is InChI=1S/C38H49N3O5/c1-5-9-16-25-39(23-6-2)36(45)33-38-22-21-37(8-4,46-38)31(34(43)40(24-7-3)26-28-17-12-10-13-18-28)32(38)35(44)41(33)30(27-42)29-19-14-11-15-20-29/h6-7,10-15,17-20,30-33,42H,2-3,5,8-9,16,21-27H2,1,4H3/t30-,31+,32+,33?,37-,38?/m1/s1. The summed E-state index contributed by atoms with van der Waals surface area (Å²) in [6.07, 6.45) is 7.82. The Bertz CT molecular complexity index is 1400.